The summed E-state index contributed by atoms with van der Waals surface area (Å²) in [6, 6.07) is 3.55. The summed E-state index contributed by atoms with van der Waals surface area (Å²) in [7, 11) is 0. The normalized spacial score (nSPS) is 17.0. The molecule has 0 amide bonds. The van der Waals surface area contributed by atoms with Crippen LogP contribution in [0.2, 0.25) is 0 Å². The topological polar surface area (TPSA) is 66.8 Å². The van der Waals surface area contributed by atoms with Crippen molar-refractivity contribution < 1.29 is 24.1 Å². The number of halogens is 1. The quantitative estimate of drug-likeness (QED) is 0.844. The first kappa shape index (κ1) is 12.8. The van der Waals surface area contributed by atoms with E-state index in [1.165, 1.54) is 18.6 Å². The number of rotatable bonds is 5. The van der Waals surface area contributed by atoms with Crippen LogP contribution in [0.15, 0.2) is 18.2 Å². The summed E-state index contributed by atoms with van der Waals surface area (Å²) in [6.07, 6.45) is 1.69. The highest BCUT2D eigenvalue weighted by atomic mass is 19.1. The largest absolute Gasteiger partial charge is 0.493 e. The third-order valence-corrected chi connectivity index (χ3v) is 3.15. The van der Waals surface area contributed by atoms with E-state index in [0.29, 0.717) is 12.5 Å². The first-order chi connectivity index (χ1) is 8.56. The first-order valence-electron chi connectivity index (χ1n) is 5.90. The summed E-state index contributed by atoms with van der Waals surface area (Å²) < 4.78 is 18.7. The van der Waals surface area contributed by atoms with Gasteiger partial charge in [0, 0.05) is 6.07 Å². The van der Waals surface area contributed by atoms with Crippen molar-refractivity contribution in [1.29, 1.82) is 0 Å². The minimum Gasteiger partial charge on any atom is -0.493 e. The molecule has 1 aromatic carbocycles. The number of ether oxygens (including phenoxy) is 1. The minimum absolute atomic E-state index is 0.00823. The van der Waals surface area contributed by atoms with Crippen LogP contribution >= 0.6 is 0 Å². The maximum absolute atomic E-state index is 13.3. The minimum atomic E-state index is -1.73. The number of aliphatic hydroxyl groups excluding tert-OH is 1. The smallest absolute Gasteiger partial charge is 0.337 e. The molecular weight excluding hydrogens is 239 g/mol. The Morgan fingerprint density at radius 1 is 1.44 bits per heavy atom. The van der Waals surface area contributed by atoms with Gasteiger partial charge in [0.15, 0.2) is 6.10 Å². The van der Waals surface area contributed by atoms with Crippen LogP contribution < -0.4 is 4.74 Å². The van der Waals surface area contributed by atoms with Gasteiger partial charge in [-0.25, -0.2) is 9.18 Å². The van der Waals surface area contributed by atoms with Crippen molar-refractivity contribution in [3.05, 3.63) is 29.6 Å². The Hall–Kier alpha value is -1.62. The van der Waals surface area contributed by atoms with Crippen molar-refractivity contribution in [2.75, 3.05) is 6.61 Å². The van der Waals surface area contributed by atoms with Crippen molar-refractivity contribution in [2.24, 2.45) is 5.92 Å². The lowest BCUT2D eigenvalue weighted by Gasteiger charge is -2.25. The zero-order valence-corrected chi connectivity index (χ0v) is 9.80. The lowest BCUT2D eigenvalue weighted by Crippen LogP contribution is -2.19. The molecule has 1 aliphatic carbocycles. The van der Waals surface area contributed by atoms with Gasteiger partial charge >= 0.3 is 5.97 Å². The molecule has 1 unspecified atom stereocenters. The number of benzene rings is 1. The summed E-state index contributed by atoms with van der Waals surface area (Å²) in [5.74, 6) is -1.26. The fourth-order valence-electron chi connectivity index (χ4n) is 1.84. The van der Waals surface area contributed by atoms with Gasteiger partial charge in [-0.05, 0) is 36.5 Å². The molecule has 4 nitrogen and oxygen atoms in total. The molecule has 0 bridgehead atoms. The Kier molecular flexibility index (Phi) is 3.81. The van der Waals surface area contributed by atoms with E-state index in [1.807, 2.05) is 0 Å². The van der Waals surface area contributed by atoms with Crippen LogP contribution in [0.1, 0.15) is 30.9 Å². The number of carboxylic acid groups (broad SMARTS) is 1. The third-order valence-electron chi connectivity index (χ3n) is 3.15. The lowest BCUT2D eigenvalue weighted by molar-refractivity contribution is -0.146. The second kappa shape index (κ2) is 5.35. The van der Waals surface area contributed by atoms with E-state index >= 15 is 0 Å². The van der Waals surface area contributed by atoms with Crippen LogP contribution in [-0.4, -0.2) is 22.8 Å². The van der Waals surface area contributed by atoms with E-state index in [2.05, 4.69) is 0 Å². The van der Waals surface area contributed by atoms with Gasteiger partial charge in [0.05, 0.1) is 6.61 Å². The number of carbonyl (C=O) groups is 1. The second-order valence-electron chi connectivity index (χ2n) is 4.57. The maximum atomic E-state index is 13.3. The molecule has 1 atom stereocenters. The molecular formula is C13H15FO4. The summed E-state index contributed by atoms with van der Waals surface area (Å²) in [5, 5.41) is 18.0. The van der Waals surface area contributed by atoms with Crippen LogP contribution in [-0.2, 0) is 4.79 Å². The average Bonchev–Trinajstić information content (AvgIpc) is 2.25. The molecule has 0 radical (unpaired) electrons. The van der Waals surface area contributed by atoms with Gasteiger partial charge in [0.1, 0.15) is 11.6 Å². The van der Waals surface area contributed by atoms with Gasteiger partial charge in [-0.3, -0.25) is 0 Å². The predicted molar refractivity (Wildman–Crippen MR) is 61.8 cm³/mol. The standard InChI is InChI=1S/C13H15FO4/c14-10-4-9(12(15)13(16)17)5-11(6-10)18-7-8-2-1-3-8/h4-6,8,12,15H,1-3,7H2,(H,16,17). The number of hydrogen-bond acceptors (Lipinski definition) is 3. The lowest BCUT2D eigenvalue weighted by atomic mass is 9.86. The Balaban J connectivity index is 2.07. The fraction of sp³-hybridized carbons (Fsp3) is 0.462. The van der Waals surface area contributed by atoms with Crippen molar-refractivity contribution >= 4 is 5.97 Å². The van der Waals surface area contributed by atoms with Gasteiger partial charge < -0.3 is 14.9 Å². The van der Waals surface area contributed by atoms with Gasteiger partial charge in [-0.2, -0.15) is 0 Å². The fourth-order valence-corrected chi connectivity index (χ4v) is 1.84. The Labute approximate surface area is 104 Å². The number of hydrogen-bond donors (Lipinski definition) is 2. The number of aliphatic carboxylic acids is 1. The van der Waals surface area contributed by atoms with E-state index in [4.69, 9.17) is 9.84 Å². The summed E-state index contributed by atoms with van der Waals surface area (Å²) in [4.78, 5) is 10.6. The Morgan fingerprint density at radius 2 is 2.17 bits per heavy atom. The van der Waals surface area contributed by atoms with Gasteiger partial charge in [-0.1, -0.05) is 6.42 Å². The van der Waals surface area contributed by atoms with Gasteiger partial charge in [-0.15, -0.1) is 0 Å². The molecule has 0 heterocycles. The van der Waals surface area contributed by atoms with Gasteiger partial charge in [0.2, 0.25) is 0 Å². The third kappa shape index (κ3) is 2.98. The Bertz CT molecular complexity index is 443. The van der Waals surface area contributed by atoms with Crippen molar-refractivity contribution in [3.8, 4) is 5.75 Å². The second-order valence-corrected chi connectivity index (χ2v) is 4.57. The number of carboxylic acids is 1. The van der Waals surface area contributed by atoms with Crippen LogP contribution in [0.5, 0.6) is 5.75 Å². The van der Waals surface area contributed by atoms with Crippen molar-refractivity contribution in [1.82, 2.24) is 0 Å². The predicted octanol–water partition coefficient (Wildman–Crippen LogP) is 2.12. The zero-order valence-electron chi connectivity index (χ0n) is 9.80. The van der Waals surface area contributed by atoms with Crippen LogP contribution in [0.25, 0.3) is 0 Å². The highest BCUT2D eigenvalue weighted by molar-refractivity contribution is 5.74. The zero-order chi connectivity index (χ0) is 13.1. The molecule has 1 aliphatic rings. The molecule has 0 aromatic heterocycles. The molecule has 1 fully saturated rings. The van der Waals surface area contributed by atoms with E-state index < -0.39 is 17.9 Å². The number of aliphatic hydroxyl groups is 1. The molecule has 2 N–H and O–H groups in total. The van der Waals surface area contributed by atoms with E-state index in [9.17, 15) is 14.3 Å². The van der Waals surface area contributed by atoms with Crippen LogP contribution in [0, 0.1) is 11.7 Å². The molecule has 98 valence electrons. The SMILES string of the molecule is O=C(O)C(O)c1cc(F)cc(OCC2CCC2)c1. The molecule has 0 spiro atoms. The highest BCUT2D eigenvalue weighted by Crippen LogP contribution is 2.28. The van der Waals surface area contributed by atoms with E-state index in [0.717, 1.165) is 18.9 Å². The monoisotopic (exact) mass is 254 g/mol. The first-order valence-corrected chi connectivity index (χ1v) is 5.90. The summed E-state index contributed by atoms with van der Waals surface area (Å²) in [5.41, 5.74) is -0.00823. The summed E-state index contributed by atoms with van der Waals surface area (Å²) in [6.45, 7) is 0.506. The van der Waals surface area contributed by atoms with Gasteiger partial charge in [0.25, 0.3) is 0 Å². The van der Waals surface area contributed by atoms with Crippen LogP contribution in [0.4, 0.5) is 4.39 Å². The molecule has 0 saturated heterocycles. The molecule has 0 aliphatic heterocycles. The van der Waals surface area contributed by atoms with E-state index in [-0.39, 0.29) is 11.3 Å². The highest BCUT2D eigenvalue weighted by Gasteiger charge is 2.20. The molecule has 5 heteroatoms. The van der Waals surface area contributed by atoms with Crippen LogP contribution in [0.3, 0.4) is 0 Å². The Morgan fingerprint density at radius 3 is 2.72 bits per heavy atom. The maximum Gasteiger partial charge on any atom is 0.337 e. The molecule has 2 rings (SSSR count). The molecule has 1 saturated carbocycles. The van der Waals surface area contributed by atoms with Crippen molar-refractivity contribution in [3.63, 3.8) is 0 Å². The molecule has 18 heavy (non-hydrogen) atoms. The van der Waals surface area contributed by atoms with Crippen molar-refractivity contribution in [2.45, 2.75) is 25.4 Å². The summed E-state index contributed by atoms with van der Waals surface area (Å²) >= 11 is 0. The molecule has 1 aromatic rings. The average molecular weight is 254 g/mol. The van der Waals surface area contributed by atoms with E-state index in [1.54, 1.807) is 0 Å².